The summed E-state index contributed by atoms with van der Waals surface area (Å²) in [4.78, 5) is 30.8. The summed E-state index contributed by atoms with van der Waals surface area (Å²) in [6, 6.07) is 5.47. The fourth-order valence-electron chi connectivity index (χ4n) is 2.70. The second-order valence-electron chi connectivity index (χ2n) is 6.27. The highest BCUT2D eigenvalue weighted by Crippen LogP contribution is 2.22. The van der Waals surface area contributed by atoms with Crippen LogP contribution in [0.4, 0.5) is 0 Å². The van der Waals surface area contributed by atoms with Crippen molar-refractivity contribution in [1.29, 1.82) is 0 Å². The minimum Gasteiger partial charge on any atom is -0.465 e. The molecule has 148 valence electrons. The lowest BCUT2D eigenvalue weighted by atomic mass is 10.2. The number of esters is 1. The molecule has 3 aromatic rings. The maximum absolute atomic E-state index is 12.3. The van der Waals surface area contributed by atoms with Crippen molar-refractivity contribution in [3.8, 4) is 10.7 Å². The lowest BCUT2D eigenvalue weighted by Crippen LogP contribution is -2.25. The topological polar surface area (TPSA) is 98.7 Å². The van der Waals surface area contributed by atoms with E-state index in [0.29, 0.717) is 48.1 Å². The summed E-state index contributed by atoms with van der Waals surface area (Å²) in [5.41, 5.74) is 0.372. The largest absolute Gasteiger partial charge is 0.465 e. The highest BCUT2D eigenvalue weighted by Gasteiger charge is 2.18. The van der Waals surface area contributed by atoms with Crippen LogP contribution in [0.15, 0.2) is 32.5 Å². The predicted molar refractivity (Wildman–Crippen MR) is 102 cm³/mol. The summed E-state index contributed by atoms with van der Waals surface area (Å²) >= 11 is 1.55. The Hall–Kier alpha value is -2.94. The second kappa shape index (κ2) is 8.83. The van der Waals surface area contributed by atoms with Gasteiger partial charge in [-0.25, -0.2) is 4.79 Å². The van der Waals surface area contributed by atoms with Gasteiger partial charge in [-0.05, 0) is 30.9 Å². The first-order valence-corrected chi connectivity index (χ1v) is 9.64. The normalized spacial score (nSPS) is 10.8. The molecule has 0 saturated carbocycles. The molecule has 0 atom stereocenters. The molecular formula is C19H21N3O5S. The zero-order valence-electron chi connectivity index (χ0n) is 15.9. The van der Waals surface area contributed by atoms with Crippen LogP contribution in [-0.2, 0) is 22.5 Å². The lowest BCUT2D eigenvalue weighted by Gasteiger charge is -2.15. The van der Waals surface area contributed by atoms with Gasteiger partial charge < -0.3 is 18.6 Å². The van der Waals surface area contributed by atoms with Gasteiger partial charge in [-0.1, -0.05) is 11.2 Å². The molecule has 0 spiro atoms. The van der Waals surface area contributed by atoms with Crippen molar-refractivity contribution in [3.63, 3.8) is 0 Å². The molecule has 3 aromatic heterocycles. The van der Waals surface area contributed by atoms with Gasteiger partial charge in [-0.3, -0.25) is 4.79 Å². The molecule has 0 bridgehead atoms. The first-order valence-electron chi connectivity index (χ1n) is 8.76. The minimum atomic E-state index is -0.456. The molecule has 1 amide bonds. The van der Waals surface area contributed by atoms with E-state index in [9.17, 15) is 9.59 Å². The number of hydrogen-bond donors (Lipinski definition) is 0. The van der Waals surface area contributed by atoms with Crippen LogP contribution in [0, 0.1) is 6.92 Å². The van der Waals surface area contributed by atoms with Crippen LogP contribution in [0.3, 0.4) is 0 Å². The molecule has 0 aliphatic rings. The third kappa shape index (κ3) is 4.66. The highest BCUT2D eigenvalue weighted by atomic mass is 32.1. The fourth-order valence-corrected chi connectivity index (χ4v) is 3.35. The molecule has 0 fully saturated rings. The second-order valence-corrected chi connectivity index (χ2v) is 7.21. The number of rotatable bonds is 8. The summed E-state index contributed by atoms with van der Waals surface area (Å²) in [7, 11) is 3.01. The number of carbonyl (C=O) groups is 2. The molecule has 28 heavy (non-hydrogen) atoms. The number of furan rings is 1. The number of amides is 1. The van der Waals surface area contributed by atoms with E-state index in [2.05, 4.69) is 10.1 Å². The van der Waals surface area contributed by atoms with Crippen LogP contribution in [-0.4, -0.2) is 41.1 Å². The number of hydrogen-bond acceptors (Lipinski definition) is 8. The van der Waals surface area contributed by atoms with Crippen LogP contribution < -0.4 is 0 Å². The van der Waals surface area contributed by atoms with Crippen LogP contribution in [0.2, 0.25) is 0 Å². The van der Waals surface area contributed by atoms with Gasteiger partial charge in [0.05, 0.1) is 18.5 Å². The Balaban J connectivity index is 1.48. The van der Waals surface area contributed by atoms with Crippen molar-refractivity contribution >= 4 is 23.2 Å². The summed E-state index contributed by atoms with van der Waals surface area (Å²) in [6.07, 6.45) is 1.47. The van der Waals surface area contributed by atoms with Gasteiger partial charge >= 0.3 is 5.97 Å². The van der Waals surface area contributed by atoms with Crippen molar-refractivity contribution in [1.82, 2.24) is 15.0 Å². The van der Waals surface area contributed by atoms with Gasteiger partial charge in [-0.2, -0.15) is 4.98 Å². The van der Waals surface area contributed by atoms with Gasteiger partial charge in [0.2, 0.25) is 17.6 Å². The van der Waals surface area contributed by atoms with Gasteiger partial charge in [0.15, 0.2) is 0 Å². The van der Waals surface area contributed by atoms with Crippen LogP contribution in [0.5, 0.6) is 0 Å². The molecule has 9 heteroatoms. The number of nitrogens with zero attached hydrogens (tertiary/aromatic N) is 3. The van der Waals surface area contributed by atoms with Crippen molar-refractivity contribution < 1.29 is 23.3 Å². The first-order chi connectivity index (χ1) is 13.5. The Kier molecular flexibility index (Phi) is 6.25. The molecule has 0 aliphatic carbocycles. The van der Waals surface area contributed by atoms with E-state index in [1.165, 1.54) is 7.11 Å². The number of methoxy groups -OCH3 is 1. The monoisotopic (exact) mass is 403 g/mol. The van der Waals surface area contributed by atoms with Crippen molar-refractivity contribution in [2.24, 2.45) is 0 Å². The van der Waals surface area contributed by atoms with E-state index in [-0.39, 0.29) is 12.5 Å². The lowest BCUT2D eigenvalue weighted by molar-refractivity contribution is -0.130. The average molecular weight is 403 g/mol. The molecule has 3 heterocycles. The molecule has 8 nitrogen and oxygen atoms in total. The molecule has 0 aliphatic heterocycles. The van der Waals surface area contributed by atoms with Crippen molar-refractivity contribution in [2.45, 2.75) is 32.7 Å². The van der Waals surface area contributed by atoms with E-state index in [0.717, 1.165) is 4.88 Å². The van der Waals surface area contributed by atoms with E-state index < -0.39 is 5.97 Å². The van der Waals surface area contributed by atoms with Crippen LogP contribution >= 0.6 is 11.3 Å². The Morgan fingerprint density at radius 2 is 2.18 bits per heavy atom. The number of thiophene rings is 1. The summed E-state index contributed by atoms with van der Waals surface area (Å²) in [5.74, 6) is 1.60. The van der Waals surface area contributed by atoms with Gasteiger partial charge in [0, 0.05) is 19.9 Å². The number of aryl methyl sites for hydroxylation is 2. The van der Waals surface area contributed by atoms with Gasteiger partial charge in [0.25, 0.3) is 0 Å². The van der Waals surface area contributed by atoms with Gasteiger partial charge in [-0.15, -0.1) is 11.3 Å². The van der Waals surface area contributed by atoms with E-state index in [1.807, 2.05) is 17.5 Å². The Labute approximate surface area is 166 Å². The average Bonchev–Trinajstić information content (AvgIpc) is 3.41. The summed E-state index contributed by atoms with van der Waals surface area (Å²) < 4.78 is 15.5. The quantitative estimate of drug-likeness (QED) is 0.531. The summed E-state index contributed by atoms with van der Waals surface area (Å²) in [5, 5.41) is 5.91. The molecule has 0 radical (unpaired) electrons. The van der Waals surface area contributed by atoms with Crippen LogP contribution in [0.1, 0.15) is 40.6 Å². The highest BCUT2D eigenvalue weighted by molar-refractivity contribution is 7.13. The molecule has 3 rings (SSSR count). The molecule has 0 aromatic carbocycles. The Morgan fingerprint density at radius 1 is 1.36 bits per heavy atom. The number of aromatic nitrogens is 2. The SMILES string of the molecule is COC(=O)c1cc(CN(C)C(=O)CCCc2nc(-c3cccs3)no2)oc1C. The third-order valence-electron chi connectivity index (χ3n) is 4.18. The van der Waals surface area contributed by atoms with Gasteiger partial charge in [0.1, 0.15) is 17.1 Å². The maximum atomic E-state index is 12.3. The van der Waals surface area contributed by atoms with E-state index in [1.54, 1.807) is 36.3 Å². The fraction of sp³-hybridized carbons (Fsp3) is 0.368. The molecular weight excluding hydrogens is 382 g/mol. The zero-order valence-corrected chi connectivity index (χ0v) is 16.7. The van der Waals surface area contributed by atoms with Crippen molar-refractivity contribution in [3.05, 3.63) is 46.6 Å². The Bertz CT molecular complexity index is 945. The predicted octanol–water partition coefficient (Wildman–Crippen LogP) is 3.47. The smallest absolute Gasteiger partial charge is 0.341 e. The molecule has 0 saturated heterocycles. The first kappa shape index (κ1) is 19.8. The number of ether oxygens (including phenoxy) is 1. The minimum absolute atomic E-state index is 0.0355. The zero-order chi connectivity index (χ0) is 20.1. The number of carbonyl (C=O) groups excluding carboxylic acids is 2. The maximum Gasteiger partial charge on any atom is 0.341 e. The third-order valence-corrected chi connectivity index (χ3v) is 5.05. The van der Waals surface area contributed by atoms with E-state index >= 15 is 0 Å². The van der Waals surface area contributed by atoms with Crippen molar-refractivity contribution in [2.75, 3.05) is 14.2 Å². The summed E-state index contributed by atoms with van der Waals surface area (Å²) in [6.45, 7) is 1.96. The Morgan fingerprint density at radius 3 is 2.89 bits per heavy atom. The van der Waals surface area contributed by atoms with E-state index in [4.69, 9.17) is 13.7 Å². The molecule has 0 unspecified atom stereocenters. The molecule has 0 N–H and O–H groups in total. The standard InChI is InChI=1S/C19H21N3O5S/c1-12-14(19(24)25-3)10-13(26-12)11-22(2)17(23)8-4-7-16-20-18(21-27-16)15-6-5-9-28-15/h5-6,9-10H,4,7-8,11H2,1-3H3. The van der Waals surface area contributed by atoms with Crippen LogP contribution in [0.25, 0.3) is 10.7 Å².